The van der Waals surface area contributed by atoms with E-state index in [-0.39, 0.29) is 5.91 Å². The maximum Gasteiger partial charge on any atom is 0.223 e. The van der Waals surface area contributed by atoms with E-state index in [2.05, 4.69) is 41.4 Å². The number of rotatable bonds is 5. The Bertz CT molecular complexity index is 698. The number of aliphatic imine (C=N–C) groups is 1. The molecule has 1 aromatic rings. The molecule has 0 aromatic heterocycles. The van der Waals surface area contributed by atoms with Crippen LogP contribution in [-0.4, -0.2) is 47.8 Å². The van der Waals surface area contributed by atoms with Crippen molar-refractivity contribution in [1.29, 1.82) is 0 Å². The third-order valence-corrected chi connectivity index (χ3v) is 6.74. The number of likely N-dealkylation sites (tertiary alicyclic amines) is 1. The average molecular weight is 383 g/mol. The number of benzene rings is 1. The molecule has 5 heteroatoms. The van der Waals surface area contributed by atoms with Crippen LogP contribution >= 0.6 is 0 Å². The van der Waals surface area contributed by atoms with Gasteiger partial charge in [0.2, 0.25) is 5.91 Å². The molecule has 1 amide bonds. The smallest absolute Gasteiger partial charge is 0.223 e. The zero-order chi connectivity index (χ0) is 19.4. The lowest BCUT2D eigenvalue weighted by atomic mass is 9.86. The Labute approximate surface area is 169 Å². The molecule has 2 aliphatic heterocycles. The van der Waals surface area contributed by atoms with Crippen LogP contribution in [0, 0.1) is 5.41 Å². The topological polar surface area (TPSA) is 47.9 Å². The molecule has 1 saturated heterocycles. The molecule has 5 nitrogen and oxygen atoms in total. The van der Waals surface area contributed by atoms with Gasteiger partial charge in [-0.1, -0.05) is 37.1 Å². The largest absolute Gasteiger partial charge is 0.357 e. The molecule has 1 N–H and O–H groups in total. The fourth-order valence-electron chi connectivity index (χ4n) is 5.16. The summed E-state index contributed by atoms with van der Waals surface area (Å²) >= 11 is 0. The van der Waals surface area contributed by atoms with Crippen LogP contribution in [-0.2, 0) is 17.9 Å². The van der Waals surface area contributed by atoms with E-state index in [9.17, 15) is 4.79 Å². The number of guanidine groups is 1. The molecule has 1 saturated carbocycles. The van der Waals surface area contributed by atoms with Crippen molar-refractivity contribution in [2.45, 2.75) is 65.0 Å². The Kier molecular flexibility index (Phi) is 5.88. The van der Waals surface area contributed by atoms with Crippen LogP contribution in [0.15, 0.2) is 29.3 Å². The highest BCUT2D eigenvalue weighted by Gasteiger charge is 2.41. The van der Waals surface area contributed by atoms with Gasteiger partial charge in [0.1, 0.15) is 0 Å². The lowest BCUT2D eigenvalue weighted by molar-refractivity contribution is -0.131. The van der Waals surface area contributed by atoms with Gasteiger partial charge in [0.15, 0.2) is 5.96 Å². The van der Waals surface area contributed by atoms with E-state index in [1.807, 2.05) is 4.90 Å². The van der Waals surface area contributed by atoms with Gasteiger partial charge < -0.3 is 15.1 Å². The molecular weight excluding hydrogens is 348 g/mol. The second-order valence-electron chi connectivity index (χ2n) is 8.74. The number of nitrogens with zero attached hydrogens (tertiary/aromatic N) is 3. The molecule has 1 aliphatic carbocycles. The van der Waals surface area contributed by atoms with Crippen LogP contribution < -0.4 is 5.32 Å². The van der Waals surface area contributed by atoms with Gasteiger partial charge in [-0.3, -0.25) is 9.79 Å². The summed E-state index contributed by atoms with van der Waals surface area (Å²) in [5.74, 6) is 1.30. The first-order valence-electron chi connectivity index (χ1n) is 11.1. The van der Waals surface area contributed by atoms with Crippen LogP contribution in [0.2, 0.25) is 0 Å². The first kappa shape index (κ1) is 19.3. The van der Waals surface area contributed by atoms with Gasteiger partial charge in [-0.25, -0.2) is 0 Å². The highest BCUT2D eigenvalue weighted by Crippen LogP contribution is 2.45. The molecule has 2 heterocycles. The van der Waals surface area contributed by atoms with Gasteiger partial charge in [-0.05, 0) is 49.1 Å². The fraction of sp³-hybridized carbons (Fsp3) is 0.652. The minimum absolute atomic E-state index is 0.252. The predicted octanol–water partition coefficient (Wildman–Crippen LogP) is 3.54. The summed E-state index contributed by atoms with van der Waals surface area (Å²) in [7, 11) is 0. The van der Waals surface area contributed by atoms with Crippen molar-refractivity contribution in [1.82, 2.24) is 15.1 Å². The summed E-state index contributed by atoms with van der Waals surface area (Å²) in [6.45, 7) is 7.55. The van der Waals surface area contributed by atoms with Gasteiger partial charge >= 0.3 is 0 Å². The maximum absolute atomic E-state index is 12.6. The lowest BCUT2D eigenvalue weighted by Crippen LogP contribution is -2.41. The third-order valence-electron chi connectivity index (χ3n) is 6.74. The van der Waals surface area contributed by atoms with Crippen LogP contribution in [0.1, 0.15) is 63.0 Å². The van der Waals surface area contributed by atoms with Gasteiger partial charge in [-0.15, -0.1) is 0 Å². The molecule has 1 spiro atoms. The van der Waals surface area contributed by atoms with Crippen LogP contribution in [0.5, 0.6) is 0 Å². The zero-order valence-corrected chi connectivity index (χ0v) is 17.3. The Morgan fingerprint density at radius 2 is 1.82 bits per heavy atom. The third kappa shape index (κ3) is 4.18. The highest BCUT2D eigenvalue weighted by atomic mass is 16.2. The van der Waals surface area contributed by atoms with Crippen molar-refractivity contribution in [3.05, 3.63) is 35.4 Å². The SMILES string of the molecule is CCNC(=NCCCC(=O)N1Cc2ccccc2C1)N1CCC2(CCCC2)C1. The molecule has 3 aliphatic rings. The molecule has 2 fully saturated rings. The number of fused-ring (bicyclic) bond motifs is 1. The first-order valence-corrected chi connectivity index (χ1v) is 11.1. The number of amides is 1. The van der Waals surface area contributed by atoms with Crippen molar-refractivity contribution in [3.63, 3.8) is 0 Å². The normalized spacial score (nSPS) is 20.8. The van der Waals surface area contributed by atoms with E-state index in [0.29, 0.717) is 11.8 Å². The number of nitrogens with one attached hydrogen (secondary N) is 1. The van der Waals surface area contributed by atoms with Crippen LogP contribution in [0.3, 0.4) is 0 Å². The second kappa shape index (κ2) is 8.54. The molecule has 4 rings (SSSR count). The summed E-state index contributed by atoms with van der Waals surface area (Å²) in [5.41, 5.74) is 3.13. The minimum atomic E-state index is 0.252. The van der Waals surface area contributed by atoms with Crippen molar-refractivity contribution in [2.24, 2.45) is 10.4 Å². The highest BCUT2D eigenvalue weighted by molar-refractivity contribution is 5.80. The second-order valence-corrected chi connectivity index (χ2v) is 8.74. The molecular formula is C23H34N4O. The number of hydrogen-bond donors (Lipinski definition) is 1. The summed E-state index contributed by atoms with van der Waals surface area (Å²) in [4.78, 5) is 21.8. The predicted molar refractivity (Wildman–Crippen MR) is 113 cm³/mol. The van der Waals surface area contributed by atoms with Gasteiger partial charge in [0, 0.05) is 45.7 Å². The lowest BCUT2D eigenvalue weighted by Gasteiger charge is -2.26. The average Bonchev–Trinajstić information content (AvgIpc) is 3.44. The van der Waals surface area contributed by atoms with Crippen LogP contribution in [0.25, 0.3) is 0 Å². The van der Waals surface area contributed by atoms with Gasteiger partial charge in [0.05, 0.1) is 0 Å². The van der Waals surface area contributed by atoms with Crippen molar-refractivity contribution in [3.8, 4) is 0 Å². The first-order chi connectivity index (χ1) is 13.7. The summed E-state index contributed by atoms with van der Waals surface area (Å²) < 4.78 is 0. The maximum atomic E-state index is 12.6. The number of hydrogen-bond acceptors (Lipinski definition) is 2. The minimum Gasteiger partial charge on any atom is -0.357 e. The Morgan fingerprint density at radius 1 is 1.11 bits per heavy atom. The van der Waals surface area contributed by atoms with E-state index in [1.165, 1.54) is 43.2 Å². The Morgan fingerprint density at radius 3 is 2.50 bits per heavy atom. The van der Waals surface area contributed by atoms with E-state index >= 15 is 0 Å². The summed E-state index contributed by atoms with van der Waals surface area (Å²) in [5, 5.41) is 3.47. The molecule has 0 bridgehead atoms. The molecule has 28 heavy (non-hydrogen) atoms. The van der Waals surface area contributed by atoms with Gasteiger partial charge in [0.25, 0.3) is 0 Å². The molecule has 0 atom stereocenters. The molecule has 0 unspecified atom stereocenters. The monoisotopic (exact) mass is 382 g/mol. The van der Waals surface area contributed by atoms with E-state index in [1.54, 1.807) is 0 Å². The van der Waals surface area contributed by atoms with E-state index < -0.39 is 0 Å². The summed E-state index contributed by atoms with van der Waals surface area (Å²) in [6.07, 6.45) is 8.27. The van der Waals surface area contributed by atoms with Gasteiger partial charge in [-0.2, -0.15) is 0 Å². The van der Waals surface area contributed by atoms with E-state index in [0.717, 1.165) is 51.6 Å². The molecule has 1 aromatic carbocycles. The fourth-order valence-corrected chi connectivity index (χ4v) is 5.16. The quantitative estimate of drug-likeness (QED) is 0.481. The van der Waals surface area contributed by atoms with E-state index in [4.69, 9.17) is 4.99 Å². The van der Waals surface area contributed by atoms with Crippen molar-refractivity contribution < 1.29 is 4.79 Å². The Hall–Kier alpha value is -2.04. The Balaban J connectivity index is 1.25. The van der Waals surface area contributed by atoms with Crippen molar-refractivity contribution >= 4 is 11.9 Å². The summed E-state index contributed by atoms with van der Waals surface area (Å²) in [6, 6.07) is 8.36. The van der Waals surface area contributed by atoms with Crippen LogP contribution in [0.4, 0.5) is 0 Å². The number of carbonyl (C=O) groups excluding carboxylic acids is 1. The van der Waals surface area contributed by atoms with Crippen molar-refractivity contribution in [2.75, 3.05) is 26.2 Å². The zero-order valence-electron chi connectivity index (χ0n) is 17.3. The number of carbonyl (C=O) groups is 1. The standard InChI is InChI=1S/C23H34N4O/c1-2-24-22(26-15-13-23(18-26)11-5-6-12-23)25-14-7-10-21(28)27-16-19-8-3-4-9-20(19)17-27/h3-4,8-9H,2,5-7,10-18H2,1H3,(H,24,25). The molecule has 152 valence electrons. The molecule has 0 radical (unpaired) electrons.